The smallest absolute Gasteiger partial charge is 0.242 e. The number of nitriles is 1. The van der Waals surface area contributed by atoms with E-state index < -0.39 is 10.0 Å². The molecule has 2 rings (SSSR count). The van der Waals surface area contributed by atoms with Crippen LogP contribution in [-0.4, -0.2) is 32.5 Å². The summed E-state index contributed by atoms with van der Waals surface area (Å²) in [7, 11) is -3.58. The first-order chi connectivity index (χ1) is 8.62. The number of hydrogen-bond acceptors (Lipinski definition) is 5. The van der Waals surface area contributed by atoms with Crippen molar-refractivity contribution < 1.29 is 8.42 Å². The van der Waals surface area contributed by atoms with Gasteiger partial charge in [0.25, 0.3) is 0 Å². The fourth-order valence-corrected chi connectivity index (χ4v) is 2.92. The number of pyridine rings is 1. The third-order valence-corrected chi connectivity index (χ3v) is 4.23. The average Bonchev–Trinajstić information content (AvgIpc) is 2.90. The van der Waals surface area contributed by atoms with Crippen LogP contribution in [0.25, 0.3) is 0 Å². The Morgan fingerprint density at radius 1 is 1.56 bits per heavy atom. The lowest BCUT2D eigenvalue weighted by Crippen LogP contribution is -2.37. The minimum absolute atomic E-state index is 0.0274. The summed E-state index contributed by atoms with van der Waals surface area (Å²) in [6.45, 7) is 1.29. The van der Waals surface area contributed by atoms with Gasteiger partial charge >= 0.3 is 0 Å². The lowest BCUT2D eigenvalue weighted by Gasteiger charge is -2.11. The molecule has 1 fully saturated rings. The van der Waals surface area contributed by atoms with Crippen LogP contribution in [0.5, 0.6) is 0 Å². The highest BCUT2D eigenvalue weighted by Crippen LogP contribution is 2.10. The third kappa shape index (κ3) is 3.04. The molecule has 1 unspecified atom stereocenters. The van der Waals surface area contributed by atoms with Crippen molar-refractivity contribution in [2.45, 2.75) is 23.8 Å². The van der Waals surface area contributed by atoms with Crippen LogP contribution in [0, 0.1) is 11.3 Å². The van der Waals surface area contributed by atoms with Gasteiger partial charge < -0.3 is 5.32 Å². The maximum atomic E-state index is 12.0. The Hall–Kier alpha value is -1.49. The summed E-state index contributed by atoms with van der Waals surface area (Å²) >= 11 is 0. The normalized spacial score (nSPS) is 19.6. The highest BCUT2D eigenvalue weighted by molar-refractivity contribution is 7.89. The van der Waals surface area contributed by atoms with E-state index in [1.807, 2.05) is 6.07 Å². The topological polar surface area (TPSA) is 94.9 Å². The molecule has 0 aliphatic carbocycles. The zero-order chi connectivity index (χ0) is 13.0. The molecule has 1 aliphatic heterocycles. The molecule has 7 heteroatoms. The molecule has 18 heavy (non-hydrogen) atoms. The van der Waals surface area contributed by atoms with E-state index in [1.54, 1.807) is 0 Å². The van der Waals surface area contributed by atoms with Crippen LogP contribution in [0.15, 0.2) is 23.4 Å². The molecule has 0 radical (unpaired) electrons. The van der Waals surface area contributed by atoms with Gasteiger partial charge in [0.15, 0.2) is 0 Å². The highest BCUT2D eigenvalue weighted by atomic mass is 32.2. The van der Waals surface area contributed by atoms with Gasteiger partial charge in [-0.3, -0.25) is 4.98 Å². The monoisotopic (exact) mass is 266 g/mol. The first-order valence-corrected chi connectivity index (χ1v) is 7.18. The first-order valence-electron chi connectivity index (χ1n) is 5.70. The van der Waals surface area contributed by atoms with Gasteiger partial charge in [0, 0.05) is 25.0 Å². The quantitative estimate of drug-likeness (QED) is 0.799. The Bertz CT molecular complexity index is 559. The maximum Gasteiger partial charge on any atom is 0.242 e. The van der Waals surface area contributed by atoms with Crippen molar-refractivity contribution in [3.05, 3.63) is 24.0 Å². The Labute approximate surface area is 106 Å². The second kappa shape index (κ2) is 5.44. The summed E-state index contributed by atoms with van der Waals surface area (Å²) in [5.41, 5.74) is 0.233. The van der Waals surface area contributed by atoms with E-state index >= 15 is 0 Å². The van der Waals surface area contributed by atoms with Crippen molar-refractivity contribution in [3.8, 4) is 6.07 Å². The largest absolute Gasteiger partial charge is 0.313 e. The Morgan fingerprint density at radius 3 is 3.06 bits per heavy atom. The summed E-state index contributed by atoms with van der Waals surface area (Å²) in [6.07, 6.45) is 4.61. The molecular weight excluding hydrogens is 252 g/mol. The first kappa shape index (κ1) is 13.0. The number of rotatable bonds is 4. The molecule has 1 saturated heterocycles. The summed E-state index contributed by atoms with van der Waals surface area (Å²) in [4.78, 5) is 3.77. The molecule has 0 saturated carbocycles. The van der Waals surface area contributed by atoms with E-state index in [0.29, 0.717) is 6.54 Å². The predicted octanol–water partition coefficient (Wildman–Crippen LogP) is -0.0164. The van der Waals surface area contributed by atoms with Crippen LogP contribution in [0.3, 0.4) is 0 Å². The van der Waals surface area contributed by atoms with Gasteiger partial charge in [0.05, 0.1) is 5.56 Å². The van der Waals surface area contributed by atoms with Crippen molar-refractivity contribution in [1.29, 1.82) is 5.26 Å². The number of nitrogens with one attached hydrogen (secondary N) is 2. The van der Waals surface area contributed by atoms with E-state index in [4.69, 9.17) is 5.26 Å². The standard InChI is InChI=1S/C11H14N4O2S/c12-5-9-4-11(8-13-6-9)18(16,17)15-7-10-2-1-3-14-10/h4,6,8,10,14-15H,1-3,7H2. The van der Waals surface area contributed by atoms with E-state index in [0.717, 1.165) is 19.4 Å². The average molecular weight is 266 g/mol. The van der Waals surface area contributed by atoms with Gasteiger partial charge in [-0.15, -0.1) is 0 Å². The zero-order valence-electron chi connectivity index (χ0n) is 9.76. The minimum Gasteiger partial charge on any atom is -0.313 e. The number of sulfonamides is 1. The molecule has 1 aromatic heterocycles. The molecule has 0 aromatic carbocycles. The number of nitrogens with zero attached hydrogens (tertiary/aromatic N) is 2. The number of aromatic nitrogens is 1. The SMILES string of the molecule is N#Cc1cncc(S(=O)(=O)NCC2CCCN2)c1. The summed E-state index contributed by atoms with van der Waals surface area (Å²) < 4.78 is 26.5. The predicted molar refractivity (Wildman–Crippen MR) is 65.2 cm³/mol. The zero-order valence-corrected chi connectivity index (χ0v) is 10.6. The van der Waals surface area contributed by atoms with Gasteiger partial charge in [-0.1, -0.05) is 0 Å². The van der Waals surface area contributed by atoms with Gasteiger partial charge in [-0.2, -0.15) is 5.26 Å². The third-order valence-electron chi connectivity index (χ3n) is 2.83. The van der Waals surface area contributed by atoms with E-state index in [9.17, 15) is 8.42 Å². The minimum atomic E-state index is -3.58. The second-order valence-corrected chi connectivity index (χ2v) is 5.93. The molecule has 1 aromatic rings. The molecule has 0 amide bonds. The molecule has 0 bridgehead atoms. The summed E-state index contributed by atoms with van der Waals surface area (Å²) in [5, 5.41) is 11.9. The van der Waals surface area contributed by atoms with Crippen LogP contribution in [0.1, 0.15) is 18.4 Å². The maximum absolute atomic E-state index is 12.0. The van der Waals surface area contributed by atoms with Crippen LogP contribution in [0.4, 0.5) is 0 Å². The fraction of sp³-hybridized carbons (Fsp3) is 0.455. The molecule has 2 heterocycles. The van der Waals surface area contributed by atoms with Gasteiger partial charge in [-0.25, -0.2) is 13.1 Å². The van der Waals surface area contributed by atoms with Crippen molar-refractivity contribution in [1.82, 2.24) is 15.0 Å². The van der Waals surface area contributed by atoms with Crippen LogP contribution >= 0.6 is 0 Å². The molecule has 1 atom stereocenters. The summed E-state index contributed by atoms with van der Waals surface area (Å²) in [5.74, 6) is 0. The van der Waals surface area contributed by atoms with Crippen LogP contribution in [0.2, 0.25) is 0 Å². The molecule has 2 N–H and O–H groups in total. The van der Waals surface area contributed by atoms with Crippen molar-refractivity contribution >= 4 is 10.0 Å². The summed E-state index contributed by atoms with van der Waals surface area (Å²) in [6, 6.07) is 3.37. The lowest BCUT2D eigenvalue weighted by atomic mass is 10.2. The Kier molecular flexibility index (Phi) is 3.91. The van der Waals surface area contributed by atoms with Crippen molar-refractivity contribution in [2.24, 2.45) is 0 Å². The fourth-order valence-electron chi connectivity index (χ4n) is 1.85. The van der Waals surface area contributed by atoms with Crippen molar-refractivity contribution in [3.63, 3.8) is 0 Å². The lowest BCUT2D eigenvalue weighted by molar-refractivity contribution is 0.551. The Balaban J connectivity index is 2.07. The molecular formula is C11H14N4O2S. The number of hydrogen-bond donors (Lipinski definition) is 2. The van der Waals surface area contributed by atoms with Gasteiger partial charge in [0.1, 0.15) is 11.0 Å². The van der Waals surface area contributed by atoms with Crippen molar-refractivity contribution in [2.75, 3.05) is 13.1 Å². The molecule has 6 nitrogen and oxygen atoms in total. The second-order valence-electron chi connectivity index (χ2n) is 4.17. The molecule has 0 spiro atoms. The highest BCUT2D eigenvalue weighted by Gasteiger charge is 2.19. The molecule has 1 aliphatic rings. The van der Waals surface area contributed by atoms with E-state index in [1.165, 1.54) is 18.5 Å². The molecule has 96 valence electrons. The van der Waals surface area contributed by atoms with Crippen LogP contribution < -0.4 is 10.0 Å². The van der Waals surface area contributed by atoms with E-state index in [-0.39, 0.29) is 16.5 Å². The van der Waals surface area contributed by atoms with E-state index in [2.05, 4.69) is 15.0 Å². The van der Waals surface area contributed by atoms with Crippen LogP contribution in [-0.2, 0) is 10.0 Å². The van der Waals surface area contributed by atoms with Gasteiger partial charge in [0.2, 0.25) is 10.0 Å². The van der Waals surface area contributed by atoms with Gasteiger partial charge in [-0.05, 0) is 25.5 Å². The Morgan fingerprint density at radius 2 is 2.39 bits per heavy atom.